The molecule has 6 nitrogen and oxygen atoms in total. The largest absolute Gasteiger partial charge is 0.294 e. The van der Waals surface area contributed by atoms with Gasteiger partial charge in [0.25, 0.3) is 0 Å². The van der Waals surface area contributed by atoms with Gasteiger partial charge in [-0.3, -0.25) is 24.7 Å². The van der Waals surface area contributed by atoms with Gasteiger partial charge in [-0.1, -0.05) is 13.8 Å². The van der Waals surface area contributed by atoms with Crippen LogP contribution in [0.4, 0.5) is 0 Å². The Morgan fingerprint density at radius 3 is 2.53 bits per heavy atom. The Balaban J connectivity index is 2.60. The summed E-state index contributed by atoms with van der Waals surface area (Å²) < 4.78 is 0. The summed E-state index contributed by atoms with van der Waals surface area (Å²) in [6, 6.07) is 0. The van der Waals surface area contributed by atoms with Crippen LogP contribution in [0.5, 0.6) is 0 Å². The third-order valence-electron chi connectivity index (χ3n) is 2.44. The normalized spacial score (nSPS) is 19.5. The van der Waals surface area contributed by atoms with Crippen molar-refractivity contribution in [3.8, 4) is 0 Å². The standard InChI is InChI=1S/C9H15N3O3/c1-9(2)5-7(14)12(8(9)15)4-3-6(13)11-10/h3-5,10H2,1-2H3,(H,11,13). The van der Waals surface area contributed by atoms with Gasteiger partial charge in [-0.05, 0) is 0 Å². The highest BCUT2D eigenvalue weighted by molar-refractivity contribution is 6.05. The molecule has 84 valence electrons. The lowest BCUT2D eigenvalue weighted by molar-refractivity contribution is -0.141. The first kappa shape index (κ1) is 11.6. The zero-order valence-corrected chi connectivity index (χ0v) is 8.87. The van der Waals surface area contributed by atoms with Crippen LogP contribution in [-0.2, 0) is 14.4 Å². The maximum absolute atomic E-state index is 11.7. The molecule has 3 N–H and O–H groups in total. The molecule has 1 heterocycles. The van der Waals surface area contributed by atoms with Crippen molar-refractivity contribution in [1.29, 1.82) is 0 Å². The average Bonchev–Trinajstić information content (AvgIpc) is 2.34. The maximum atomic E-state index is 11.7. The molecule has 0 aromatic heterocycles. The number of rotatable bonds is 3. The lowest BCUT2D eigenvalue weighted by Gasteiger charge is -2.17. The highest BCUT2D eigenvalue weighted by Crippen LogP contribution is 2.31. The zero-order chi connectivity index (χ0) is 11.6. The fourth-order valence-electron chi connectivity index (χ4n) is 1.54. The molecule has 0 bridgehead atoms. The van der Waals surface area contributed by atoms with E-state index >= 15 is 0 Å². The van der Waals surface area contributed by atoms with Gasteiger partial charge in [-0.15, -0.1) is 0 Å². The van der Waals surface area contributed by atoms with Crippen LogP contribution in [0.25, 0.3) is 0 Å². The molecular formula is C9H15N3O3. The summed E-state index contributed by atoms with van der Waals surface area (Å²) in [4.78, 5) is 35.1. The Morgan fingerprint density at radius 2 is 2.13 bits per heavy atom. The summed E-state index contributed by atoms with van der Waals surface area (Å²) in [5.41, 5.74) is 1.31. The van der Waals surface area contributed by atoms with Crippen LogP contribution < -0.4 is 11.3 Å². The lowest BCUT2D eigenvalue weighted by atomic mass is 9.92. The molecule has 3 amide bonds. The maximum Gasteiger partial charge on any atom is 0.235 e. The summed E-state index contributed by atoms with van der Waals surface area (Å²) in [7, 11) is 0. The van der Waals surface area contributed by atoms with Gasteiger partial charge in [-0.2, -0.15) is 0 Å². The van der Waals surface area contributed by atoms with Crippen molar-refractivity contribution < 1.29 is 14.4 Å². The number of imide groups is 1. The quantitative estimate of drug-likeness (QED) is 0.276. The molecule has 1 aliphatic heterocycles. The van der Waals surface area contributed by atoms with Crippen LogP contribution in [0, 0.1) is 5.41 Å². The molecule has 1 fully saturated rings. The van der Waals surface area contributed by atoms with E-state index in [-0.39, 0.29) is 37.1 Å². The van der Waals surface area contributed by atoms with Gasteiger partial charge in [0, 0.05) is 19.4 Å². The first-order valence-corrected chi connectivity index (χ1v) is 4.73. The Morgan fingerprint density at radius 1 is 1.53 bits per heavy atom. The molecule has 0 saturated carbocycles. The van der Waals surface area contributed by atoms with E-state index in [2.05, 4.69) is 0 Å². The number of amides is 3. The van der Waals surface area contributed by atoms with Crippen LogP contribution in [0.15, 0.2) is 0 Å². The first-order chi connectivity index (χ1) is 6.88. The minimum atomic E-state index is -0.643. The topological polar surface area (TPSA) is 92.5 Å². The molecule has 6 heteroatoms. The summed E-state index contributed by atoms with van der Waals surface area (Å²) in [5.74, 6) is 4.05. The summed E-state index contributed by atoms with van der Waals surface area (Å²) in [6.45, 7) is 3.54. The van der Waals surface area contributed by atoms with Crippen LogP contribution >= 0.6 is 0 Å². The van der Waals surface area contributed by atoms with Gasteiger partial charge in [0.05, 0.1) is 5.41 Å². The summed E-state index contributed by atoms with van der Waals surface area (Å²) >= 11 is 0. The van der Waals surface area contributed by atoms with E-state index in [1.807, 2.05) is 5.43 Å². The smallest absolute Gasteiger partial charge is 0.235 e. The molecule has 0 spiro atoms. The lowest BCUT2D eigenvalue weighted by Crippen LogP contribution is -2.38. The van der Waals surface area contributed by atoms with Crippen molar-refractivity contribution in [1.82, 2.24) is 10.3 Å². The average molecular weight is 213 g/mol. The highest BCUT2D eigenvalue weighted by Gasteiger charge is 2.44. The monoisotopic (exact) mass is 213 g/mol. The SMILES string of the molecule is CC1(C)CC(=O)N(CCC(=O)NN)C1=O. The third kappa shape index (κ3) is 2.33. The number of nitrogens with zero attached hydrogens (tertiary/aromatic N) is 1. The number of carbonyl (C=O) groups excluding carboxylic acids is 3. The second-order valence-corrected chi connectivity index (χ2v) is 4.23. The summed E-state index contributed by atoms with van der Waals surface area (Å²) in [5, 5.41) is 0. The van der Waals surface area contributed by atoms with Gasteiger partial charge in [0.2, 0.25) is 17.7 Å². The van der Waals surface area contributed by atoms with Crippen molar-refractivity contribution in [2.45, 2.75) is 26.7 Å². The number of likely N-dealkylation sites (tertiary alicyclic amines) is 1. The van der Waals surface area contributed by atoms with Crippen molar-refractivity contribution >= 4 is 17.7 Å². The Kier molecular flexibility index (Phi) is 3.09. The zero-order valence-electron chi connectivity index (χ0n) is 8.87. The van der Waals surface area contributed by atoms with Crippen molar-refractivity contribution in [2.24, 2.45) is 11.3 Å². The number of hydrogen-bond donors (Lipinski definition) is 2. The van der Waals surface area contributed by atoms with Crippen molar-refractivity contribution in [3.05, 3.63) is 0 Å². The predicted octanol–water partition coefficient (Wildman–Crippen LogP) is -0.848. The third-order valence-corrected chi connectivity index (χ3v) is 2.44. The van der Waals surface area contributed by atoms with E-state index in [1.54, 1.807) is 13.8 Å². The number of hydrazine groups is 1. The molecule has 1 rings (SSSR count). The van der Waals surface area contributed by atoms with E-state index in [4.69, 9.17) is 5.84 Å². The van der Waals surface area contributed by atoms with Gasteiger partial charge in [0.15, 0.2) is 0 Å². The first-order valence-electron chi connectivity index (χ1n) is 4.73. The van der Waals surface area contributed by atoms with Gasteiger partial charge in [0.1, 0.15) is 0 Å². The number of nitrogens with one attached hydrogen (secondary N) is 1. The van der Waals surface area contributed by atoms with Gasteiger partial charge < -0.3 is 0 Å². The molecule has 0 radical (unpaired) electrons. The van der Waals surface area contributed by atoms with Crippen LogP contribution in [0.3, 0.4) is 0 Å². The van der Waals surface area contributed by atoms with Crippen LogP contribution in [0.2, 0.25) is 0 Å². The molecule has 1 aliphatic rings. The molecule has 0 atom stereocenters. The van der Waals surface area contributed by atoms with Crippen molar-refractivity contribution in [3.63, 3.8) is 0 Å². The fraction of sp³-hybridized carbons (Fsp3) is 0.667. The summed E-state index contributed by atoms with van der Waals surface area (Å²) in [6.07, 6.45) is 0.250. The second kappa shape index (κ2) is 3.98. The molecule has 1 saturated heterocycles. The van der Waals surface area contributed by atoms with E-state index in [0.29, 0.717) is 0 Å². The molecular weight excluding hydrogens is 198 g/mol. The van der Waals surface area contributed by atoms with E-state index in [0.717, 1.165) is 4.90 Å². The van der Waals surface area contributed by atoms with Gasteiger partial charge in [-0.25, -0.2) is 5.84 Å². The van der Waals surface area contributed by atoms with Crippen LogP contribution in [-0.4, -0.2) is 29.2 Å². The minimum Gasteiger partial charge on any atom is -0.294 e. The fourth-order valence-corrected chi connectivity index (χ4v) is 1.54. The molecule has 0 unspecified atom stereocenters. The minimum absolute atomic E-state index is 0.0457. The Hall–Kier alpha value is -1.43. The number of carbonyl (C=O) groups is 3. The molecule has 0 aliphatic carbocycles. The van der Waals surface area contributed by atoms with Gasteiger partial charge >= 0.3 is 0 Å². The van der Waals surface area contributed by atoms with E-state index in [9.17, 15) is 14.4 Å². The number of nitrogens with two attached hydrogens (primary N) is 1. The second-order valence-electron chi connectivity index (χ2n) is 4.23. The van der Waals surface area contributed by atoms with Crippen molar-refractivity contribution in [2.75, 3.05) is 6.54 Å². The Bertz CT molecular complexity index is 312. The molecule has 0 aromatic carbocycles. The predicted molar refractivity (Wildman–Crippen MR) is 52.1 cm³/mol. The van der Waals surface area contributed by atoms with Crippen LogP contribution in [0.1, 0.15) is 26.7 Å². The highest BCUT2D eigenvalue weighted by atomic mass is 16.2. The van der Waals surface area contributed by atoms with E-state index in [1.165, 1.54) is 0 Å². The Labute approximate surface area is 87.8 Å². The molecule has 0 aromatic rings. The number of hydrogen-bond acceptors (Lipinski definition) is 4. The molecule has 15 heavy (non-hydrogen) atoms. The van der Waals surface area contributed by atoms with E-state index < -0.39 is 5.41 Å².